The van der Waals surface area contributed by atoms with E-state index in [9.17, 15) is 8.42 Å². The van der Waals surface area contributed by atoms with Crippen LogP contribution in [0, 0.1) is 0 Å². The Labute approximate surface area is 128 Å². The normalized spacial score (nSPS) is 19.8. The molecule has 8 nitrogen and oxygen atoms in total. The minimum atomic E-state index is -3.66. The molecule has 0 aromatic rings. The van der Waals surface area contributed by atoms with Crippen molar-refractivity contribution in [2.45, 2.75) is 13.8 Å². The van der Waals surface area contributed by atoms with Crippen LogP contribution in [0.3, 0.4) is 0 Å². The number of rotatable bonds is 3. The van der Waals surface area contributed by atoms with Crippen LogP contribution in [0.15, 0.2) is 0 Å². The first-order valence-corrected chi connectivity index (χ1v) is 9.05. The van der Waals surface area contributed by atoms with Crippen molar-refractivity contribution in [2.24, 2.45) is 0 Å². The minimum absolute atomic E-state index is 0.201. The van der Waals surface area contributed by atoms with Gasteiger partial charge in [-0.25, -0.2) is 0 Å². The van der Waals surface area contributed by atoms with E-state index in [1.54, 1.807) is 0 Å². The Morgan fingerprint density at radius 2 is 1.33 bits per heavy atom. The first kappa shape index (κ1) is 20.7. The van der Waals surface area contributed by atoms with Gasteiger partial charge in [-0.15, -0.1) is 0 Å². The molecule has 2 rings (SSSR count). The lowest BCUT2D eigenvalue weighted by molar-refractivity contribution is -0.159. The van der Waals surface area contributed by atoms with E-state index in [2.05, 4.69) is 16.0 Å². The van der Waals surface area contributed by atoms with Crippen LogP contribution in [0.4, 0.5) is 0 Å². The highest BCUT2D eigenvalue weighted by molar-refractivity contribution is 7.85. The molecule has 0 spiro atoms. The predicted molar refractivity (Wildman–Crippen MR) is 83.9 cm³/mol. The highest BCUT2D eigenvalue weighted by atomic mass is 32.2. The second-order valence-corrected chi connectivity index (χ2v) is 6.21. The van der Waals surface area contributed by atoms with Gasteiger partial charge in [-0.2, -0.15) is 13.5 Å². The summed E-state index contributed by atoms with van der Waals surface area (Å²) in [5, 5.41) is 11.7. The van der Waals surface area contributed by atoms with E-state index in [1.165, 1.54) is 6.92 Å². The average Bonchev–Trinajstić information content (AvgIpc) is 2.51. The quantitative estimate of drug-likeness (QED) is 0.486. The lowest BCUT2D eigenvalue weighted by Crippen LogP contribution is -2.43. The molecule has 21 heavy (non-hydrogen) atoms. The Hall–Kier alpha value is -0.290. The van der Waals surface area contributed by atoms with E-state index in [4.69, 9.17) is 9.39 Å². The van der Waals surface area contributed by atoms with Crippen molar-refractivity contribution in [3.63, 3.8) is 0 Å². The highest BCUT2D eigenvalue weighted by Gasteiger charge is 2.07. The molecule has 128 valence electrons. The smallest absolute Gasteiger partial charge is 0.264 e. The molecular formula is C12H30N4O4S. The summed E-state index contributed by atoms with van der Waals surface area (Å²) in [4.78, 5) is 5.28. The Balaban J connectivity index is 0.000000297. The van der Waals surface area contributed by atoms with Crippen molar-refractivity contribution in [1.29, 1.82) is 0 Å². The number of hydroxylamine groups is 2. The number of piperazine rings is 2. The second-order valence-electron chi connectivity index (χ2n) is 4.47. The summed E-state index contributed by atoms with van der Waals surface area (Å²) in [6.45, 7) is 12.9. The fraction of sp³-hybridized carbons (Fsp3) is 1.00. The summed E-state index contributed by atoms with van der Waals surface area (Å²) in [7, 11) is -3.66. The maximum absolute atomic E-state index is 9.56. The van der Waals surface area contributed by atoms with Gasteiger partial charge >= 0.3 is 0 Å². The van der Waals surface area contributed by atoms with Crippen molar-refractivity contribution in [1.82, 2.24) is 21.0 Å². The molecule has 4 N–H and O–H groups in total. The third-order valence-corrected chi connectivity index (χ3v) is 3.44. The number of nitrogens with one attached hydrogen (secondary N) is 3. The van der Waals surface area contributed by atoms with Crippen LogP contribution in [0.2, 0.25) is 0 Å². The third-order valence-electron chi connectivity index (χ3n) is 2.71. The van der Waals surface area contributed by atoms with Gasteiger partial charge in [0.25, 0.3) is 10.1 Å². The van der Waals surface area contributed by atoms with Gasteiger partial charge in [0, 0.05) is 52.4 Å². The van der Waals surface area contributed by atoms with E-state index in [0.717, 1.165) is 59.0 Å². The maximum atomic E-state index is 9.56. The molecule has 0 aromatic carbocycles. The van der Waals surface area contributed by atoms with Crippen LogP contribution >= 0.6 is 0 Å². The van der Waals surface area contributed by atoms with Gasteiger partial charge in [-0.05, 0) is 13.8 Å². The molecule has 2 saturated heterocycles. The lowest BCUT2D eigenvalue weighted by atomic mass is 10.4. The Bertz CT molecular complexity index is 303. The molecule has 9 heteroatoms. The first-order valence-electron chi connectivity index (χ1n) is 7.44. The third kappa shape index (κ3) is 15.9. The SMILES string of the molecule is C1CNCCN1.CCON1CCNCC1.CCS(=O)(=O)O. The van der Waals surface area contributed by atoms with Crippen LogP contribution in [-0.4, -0.2) is 82.8 Å². The molecule has 0 unspecified atom stereocenters. The molecule has 0 atom stereocenters. The monoisotopic (exact) mass is 326 g/mol. The fourth-order valence-electron chi connectivity index (χ4n) is 1.56. The summed E-state index contributed by atoms with van der Waals surface area (Å²) in [5.41, 5.74) is 0. The number of hydrogen-bond donors (Lipinski definition) is 4. The van der Waals surface area contributed by atoms with Crippen molar-refractivity contribution in [3.05, 3.63) is 0 Å². The Kier molecular flexibility index (Phi) is 13.2. The lowest BCUT2D eigenvalue weighted by Gasteiger charge is -2.25. The van der Waals surface area contributed by atoms with Gasteiger partial charge in [0.15, 0.2) is 0 Å². The van der Waals surface area contributed by atoms with Gasteiger partial charge in [0.2, 0.25) is 0 Å². The molecule has 2 aliphatic heterocycles. The topological polar surface area (TPSA) is 103 Å². The highest BCUT2D eigenvalue weighted by Crippen LogP contribution is 1.91. The molecule has 2 fully saturated rings. The molecule has 0 saturated carbocycles. The van der Waals surface area contributed by atoms with Crippen LogP contribution < -0.4 is 16.0 Å². The molecule has 0 radical (unpaired) electrons. The van der Waals surface area contributed by atoms with Crippen LogP contribution in [0.25, 0.3) is 0 Å². The molecule has 0 bridgehead atoms. The number of nitrogens with zero attached hydrogens (tertiary/aromatic N) is 1. The zero-order chi connectivity index (χ0) is 16.0. The van der Waals surface area contributed by atoms with Gasteiger partial charge in [0.05, 0.1) is 12.4 Å². The first-order chi connectivity index (χ1) is 9.99. The van der Waals surface area contributed by atoms with E-state index < -0.39 is 10.1 Å². The van der Waals surface area contributed by atoms with Crippen LogP contribution in [-0.2, 0) is 15.0 Å². The van der Waals surface area contributed by atoms with E-state index >= 15 is 0 Å². The van der Waals surface area contributed by atoms with E-state index in [1.807, 2.05) is 12.0 Å². The van der Waals surface area contributed by atoms with Crippen LogP contribution in [0.1, 0.15) is 13.8 Å². The Morgan fingerprint density at radius 1 is 0.952 bits per heavy atom. The fourth-order valence-corrected chi connectivity index (χ4v) is 1.56. The van der Waals surface area contributed by atoms with E-state index in [-0.39, 0.29) is 5.75 Å². The predicted octanol–water partition coefficient (Wildman–Crippen LogP) is -1.08. The van der Waals surface area contributed by atoms with E-state index in [0.29, 0.717) is 0 Å². The van der Waals surface area contributed by atoms with Gasteiger partial charge in [-0.1, -0.05) is 0 Å². The maximum Gasteiger partial charge on any atom is 0.264 e. The summed E-state index contributed by atoms with van der Waals surface area (Å²) in [6.07, 6.45) is 0. The van der Waals surface area contributed by atoms with Crippen molar-refractivity contribution < 1.29 is 17.8 Å². The molecule has 2 heterocycles. The summed E-state index contributed by atoms with van der Waals surface area (Å²) < 4.78 is 26.9. The largest absolute Gasteiger partial charge is 0.314 e. The van der Waals surface area contributed by atoms with Crippen molar-refractivity contribution in [2.75, 3.05) is 64.7 Å². The molecule has 0 aliphatic carbocycles. The Morgan fingerprint density at radius 3 is 1.62 bits per heavy atom. The molecular weight excluding hydrogens is 296 g/mol. The summed E-state index contributed by atoms with van der Waals surface area (Å²) >= 11 is 0. The van der Waals surface area contributed by atoms with Crippen LogP contribution in [0.5, 0.6) is 0 Å². The second kappa shape index (κ2) is 13.4. The molecule has 0 amide bonds. The van der Waals surface area contributed by atoms with Gasteiger partial charge < -0.3 is 16.0 Å². The molecule has 2 aliphatic rings. The summed E-state index contributed by atoms with van der Waals surface area (Å²) in [6, 6.07) is 0. The van der Waals surface area contributed by atoms with Gasteiger partial charge in [0.1, 0.15) is 0 Å². The van der Waals surface area contributed by atoms with Gasteiger partial charge in [-0.3, -0.25) is 9.39 Å². The molecule has 0 aromatic heterocycles. The standard InChI is InChI=1S/C6H14N2O.C4H10N2.C2H6O3S/c1-2-9-8-5-3-7-4-6-8;1-2-6-4-3-5-1;1-2-6(3,4)5/h7H,2-6H2,1H3;5-6H,1-4H2;2H2,1H3,(H,3,4,5). The van der Waals surface area contributed by atoms with Crippen molar-refractivity contribution >= 4 is 10.1 Å². The zero-order valence-electron chi connectivity index (χ0n) is 13.1. The summed E-state index contributed by atoms with van der Waals surface area (Å²) in [5.74, 6) is -0.201. The minimum Gasteiger partial charge on any atom is -0.314 e. The average molecular weight is 326 g/mol. The number of hydrogen-bond acceptors (Lipinski definition) is 7. The van der Waals surface area contributed by atoms with Crippen molar-refractivity contribution in [3.8, 4) is 0 Å². The zero-order valence-corrected chi connectivity index (χ0v) is 13.9.